The Hall–Kier alpha value is -0.930. The van der Waals surface area contributed by atoms with Gasteiger partial charge in [-0.15, -0.1) is 0 Å². The number of morpholine rings is 1. The number of rotatable bonds is 7. The fourth-order valence-corrected chi connectivity index (χ4v) is 4.01. The van der Waals surface area contributed by atoms with Crippen LogP contribution in [0.4, 0.5) is 0 Å². The summed E-state index contributed by atoms with van der Waals surface area (Å²) in [5.41, 5.74) is -0.835. The Morgan fingerprint density at radius 2 is 1.88 bits per heavy atom. The lowest BCUT2D eigenvalue weighted by Gasteiger charge is -2.47. The zero-order valence-electron chi connectivity index (χ0n) is 16.4. The van der Waals surface area contributed by atoms with Crippen LogP contribution in [-0.4, -0.2) is 123 Å². The van der Waals surface area contributed by atoms with Gasteiger partial charge in [-0.3, -0.25) is 19.7 Å². The quantitative estimate of drug-likeness (QED) is 0.378. The van der Waals surface area contributed by atoms with Crippen LogP contribution in [0.5, 0.6) is 0 Å². The van der Waals surface area contributed by atoms with Crippen molar-refractivity contribution in [1.82, 2.24) is 25.3 Å². The molecular weight excluding hydrogens is 332 g/mol. The van der Waals surface area contributed by atoms with Crippen LogP contribution in [0, 0.1) is 0 Å². The third kappa shape index (κ3) is 5.79. The Kier molecular flexibility index (Phi) is 7.11. The van der Waals surface area contributed by atoms with E-state index in [0.29, 0.717) is 19.1 Å². The predicted octanol–water partition coefficient (Wildman–Crippen LogP) is -1.38. The first-order valence-corrected chi connectivity index (χ1v) is 10.1. The summed E-state index contributed by atoms with van der Waals surface area (Å²) in [7, 11) is 0. The standard InChI is InChI=1S/C18H36N6O2/c1-3-19-17(20-12-16-13-22-4-6-24(16)7-5-22)21-14-18(2,25)15-23-8-10-26-11-9-23/h16,25H,3-15H2,1-2H3,(H2,19,20,21). The molecule has 4 rings (SSSR count). The molecule has 2 bridgehead atoms. The van der Waals surface area contributed by atoms with E-state index in [1.807, 2.05) is 6.92 Å². The summed E-state index contributed by atoms with van der Waals surface area (Å²) in [4.78, 5) is 12.0. The summed E-state index contributed by atoms with van der Waals surface area (Å²) in [6.45, 7) is 15.8. The van der Waals surface area contributed by atoms with Crippen molar-refractivity contribution in [3.8, 4) is 0 Å². The summed E-state index contributed by atoms with van der Waals surface area (Å²) in [5, 5.41) is 17.5. The molecule has 0 aliphatic carbocycles. The van der Waals surface area contributed by atoms with Crippen molar-refractivity contribution in [3.63, 3.8) is 0 Å². The predicted molar refractivity (Wildman–Crippen MR) is 104 cm³/mol. The number of aliphatic imine (C=N–C) groups is 1. The molecule has 26 heavy (non-hydrogen) atoms. The third-order valence-corrected chi connectivity index (χ3v) is 5.49. The second kappa shape index (κ2) is 9.32. The Morgan fingerprint density at radius 3 is 2.50 bits per heavy atom. The van der Waals surface area contributed by atoms with Gasteiger partial charge in [0.2, 0.25) is 0 Å². The number of nitrogens with zero attached hydrogens (tertiary/aromatic N) is 4. The number of hydrogen-bond acceptors (Lipinski definition) is 6. The van der Waals surface area contributed by atoms with Crippen LogP contribution < -0.4 is 10.6 Å². The van der Waals surface area contributed by atoms with E-state index in [0.717, 1.165) is 51.9 Å². The number of β-amino-alcohol motifs (C(OH)–C–C–N with tert-alkyl or cyclic N) is 1. The largest absolute Gasteiger partial charge is 0.387 e. The highest BCUT2D eigenvalue weighted by Crippen LogP contribution is 2.14. The van der Waals surface area contributed by atoms with Gasteiger partial charge >= 0.3 is 0 Å². The number of nitrogens with one attached hydrogen (secondary N) is 2. The van der Waals surface area contributed by atoms with Crippen molar-refractivity contribution < 1.29 is 9.84 Å². The average Bonchev–Trinajstić information content (AvgIpc) is 2.65. The smallest absolute Gasteiger partial charge is 0.191 e. The number of ether oxygens (including phenoxy) is 1. The van der Waals surface area contributed by atoms with E-state index in [-0.39, 0.29) is 0 Å². The molecule has 2 atom stereocenters. The molecule has 0 aromatic rings. The van der Waals surface area contributed by atoms with Gasteiger partial charge in [0, 0.05) is 71.5 Å². The fourth-order valence-electron chi connectivity index (χ4n) is 4.01. The first kappa shape index (κ1) is 19.8. The molecule has 0 spiro atoms. The lowest BCUT2D eigenvalue weighted by molar-refractivity contribution is -0.0180. The number of aliphatic hydroxyl groups is 1. The topological polar surface area (TPSA) is 75.6 Å². The number of guanidine groups is 1. The van der Waals surface area contributed by atoms with Crippen LogP contribution in [0.2, 0.25) is 0 Å². The maximum Gasteiger partial charge on any atom is 0.191 e. The van der Waals surface area contributed by atoms with Crippen LogP contribution >= 0.6 is 0 Å². The van der Waals surface area contributed by atoms with E-state index in [1.54, 1.807) is 0 Å². The van der Waals surface area contributed by atoms with Gasteiger partial charge in [-0.2, -0.15) is 0 Å². The lowest BCUT2D eigenvalue weighted by Crippen LogP contribution is -2.63. The minimum Gasteiger partial charge on any atom is -0.387 e. The fraction of sp³-hybridized carbons (Fsp3) is 0.944. The minimum atomic E-state index is -0.835. The van der Waals surface area contributed by atoms with Crippen molar-refractivity contribution in [3.05, 3.63) is 0 Å². The molecule has 3 N–H and O–H groups in total. The Bertz CT molecular complexity index is 459. The number of fused-ring (bicyclic) bond motifs is 3. The van der Waals surface area contributed by atoms with E-state index in [4.69, 9.17) is 4.74 Å². The molecule has 0 radical (unpaired) electrons. The zero-order valence-corrected chi connectivity index (χ0v) is 16.4. The van der Waals surface area contributed by atoms with Gasteiger partial charge < -0.3 is 20.5 Å². The van der Waals surface area contributed by atoms with Gasteiger partial charge in [-0.25, -0.2) is 0 Å². The highest BCUT2D eigenvalue weighted by Gasteiger charge is 2.31. The van der Waals surface area contributed by atoms with Gasteiger partial charge in [-0.1, -0.05) is 0 Å². The molecule has 150 valence electrons. The normalized spacial score (nSPS) is 32.3. The Balaban J connectivity index is 1.47. The molecule has 2 unspecified atom stereocenters. The van der Waals surface area contributed by atoms with Gasteiger partial charge in [-0.05, 0) is 13.8 Å². The zero-order chi connectivity index (χ0) is 18.4. The van der Waals surface area contributed by atoms with Crippen LogP contribution in [0.3, 0.4) is 0 Å². The summed E-state index contributed by atoms with van der Waals surface area (Å²) >= 11 is 0. The van der Waals surface area contributed by atoms with Gasteiger partial charge in [0.25, 0.3) is 0 Å². The maximum atomic E-state index is 10.7. The molecule has 8 heteroatoms. The van der Waals surface area contributed by atoms with E-state index in [2.05, 4.69) is 37.2 Å². The molecule has 8 nitrogen and oxygen atoms in total. The maximum absolute atomic E-state index is 10.7. The van der Waals surface area contributed by atoms with E-state index < -0.39 is 5.60 Å². The molecule has 4 aliphatic rings. The van der Waals surface area contributed by atoms with Crippen molar-refractivity contribution >= 4 is 5.96 Å². The minimum absolute atomic E-state index is 0.389. The van der Waals surface area contributed by atoms with Crippen molar-refractivity contribution in [2.24, 2.45) is 4.99 Å². The molecule has 4 fully saturated rings. The van der Waals surface area contributed by atoms with Crippen molar-refractivity contribution in [1.29, 1.82) is 0 Å². The van der Waals surface area contributed by atoms with Crippen LogP contribution in [0.1, 0.15) is 13.8 Å². The Morgan fingerprint density at radius 1 is 1.15 bits per heavy atom. The van der Waals surface area contributed by atoms with Gasteiger partial charge in [0.05, 0.1) is 25.4 Å². The molecule has 0 aromatic heterocycles. The van der Waals surface area contributed by atoms with Crippen molar-refractivity contribution in [2.45, 2.75) is 25.5 Å². The molecule has 4 saturated heterocycles. The molecule has 4 heterocycles. The highest BCUT2D eigenvalue weighted by atomic mass is 16.5. The van der Waals surface area contributed by atoms with Gasteiger partial charge in [0.1, 0.15) is 0 Å². The van der Waals surface area contributed by atoms with E-state index >= 15 is 0 Å². The van der Waals surface area contributed by atoms with Crippen molar-refractivity contribution in [2.75, 3.05) is 85.2 Å². The summed E-state index contributed by atoms with van der Waals surface area (Å²) < 4.78 is 5.38. The first-order valence-electron chi connectivity index (χ1n) is 10.1. The molecular formula is C18H36N6O2. The van der Waals surface area contributed by atoms with Crippen LogP contribution in [0.15, 0.2) is 4.99 Å². The molecule has 0 saturated carbocycles. The second-order valence-electron chi connectivity index (χ2n) is 7.95. The molecule has 0 aromatic carbocycles. The SMILES string of the molecule is CCNC(=NCC(C)(O)CN1CCOCC1)NCC1CN2CCN1CC2. The van der Waals surface area contributed by atoms with Gasteiger partial charge in [0.15, 0.2) is 5.96 Å². The monoisotopic (exact) mass is 368 g/mol. The third-order valence-electron chi connectivity index (χ3n) is 5.49. The molecule has 0 amide bonds. The average molecular weight is 369 g/mol. The lowest BCUT2D eigenvalue weighted by atomic mass is 10.1. The van der Waals surface area contributed by atoms with E-state index in [9.17, 15) is 5.11 Å². The summed E-state index contributed by atoms with van der Waals surface area (Å²) in [6.07, 6.45) is 0. The van der Waals surface area contributed by atoms with Crippen LogP contribution in [-0.2, 0) is 4.74 Å². The summed E-state index contributed by atoms with van der Waals surface area (Å²) in [6, 6.07) is 0.551. The second-order valence-corrected chi connectivity index (χ2v) is 7.95. The molecule has 4 aliphatic heterocycles. The number of hydrogen-bond donors (Lipinski definition) is 3. The Labute approximate surface area is 157 Å². The van der Waals surface area contributed by atoms with Crippen LogP contribution in [0.25, 0.3) is 0 Å². The highest BCUT2D eigenvalue weighted by molar-refractivity contribution is 5.79. The summed E-state index contributed by atoms with van der Waals surface area (Å²) in [5.74, 6) is 0.799. The van der Waals surface area contributed by atoms with E-state index in [1.165, 1.54) is 26.2 Å². The number of piperazine rings is 3. The first-order chi connectivity index (χ1) is 12.6.